The molecule has 0 saturated heterocycles. The maximum Gasteiger partial charge on any atom is 0.0664 e. The van der Waals surface area contributed by atoms with Crippen molar-refractivity contribution < 1.29 is 0 Å². The van der Waals surface area contributed by atoms with Crippen molar-refractivity contribution in [2.45, 2.75) is 71.8 Å². The summed E-state index contributed by atoms with van der Waals surface area (Å²) in [6.45, 7) is 13.5. The SMILES string of the molecule is CC(C)(C)c1cn(C(C)(C)C)nc1CC1CC1. The molecule has 0 radical (unpaired) electrons. The van der Waals surface area contributed by atoms with Crippen LogP contribution in [0.4, 0.5) is 0 Å². The molecular weight excluding hydrogens is 208 g/mol. The molecule has 0 N–H and O–H groups in total. The Morgan fingerprint density at radius 3 is 2.18 bits per heavy atom. The van der Waals surface area contributed by atoms with E-state index in [1.165, 1.54) is 30.5 Å². The molecule has 2 heteroatoms. The second-order valence-corrected chi connectivity index (χ2v) is 7.50. The lowest BCUT2D eigenvalue weighted by Crippen LogP contribution is -2.22. The molecule has 1 aliphatic rings. The fourth-order valence-corrected chi connectivity index (χ4v) is 2.13. The largest absolute Gasteiger partial charge is 0.267 e. The van der Waals surface area contributed by atoms with E-state index < -0.39 is 0 Å². The third-order valence-corrected chi connectivity index (χ3v) is 3.46. The van der Waals surface area contributed by atoms with Crippen LogP contribution >= 0.6 is 0 Å². The average molecular weight is 234 g/mol. The minimum Gasteiger partial charge on any atom is -0.267 e. The van der Waals surface area contributed by atoms with Gasteiger partial charge >= 0.3 is 0 Å². The van der Waals surface area contributed by atoms with E-state index >= 15 is 0 Å². The first-order valence-electron chi connectivity index (χ1n) is 6.77. The Bertz CT molecular complexity index is 398. The van der Waals surface area contributed by atoms with E-state index in [9.17, 15) is 0 Å². The van der Waals surface area contributed by atoms with Gasteiger partial charge in [0.2, 0.25) is 0 Å². The molecule has 0 aromatic carbocycles. The first-order valence-corrected chi connectivity index (χ1v) is 6.77. The van der Waals surface area contributed by atoms with E-state index in [4.69, 9.17) is 5.10 Å². The van der Waals surface area contributed by atoms with E-state index in [0.29, 0.717) is 0 Å². The lowest BCUT2D eigenvalue weighted by atomic mass is 9.86. The van der Waals surface area contributed by atoms with Crippen molar-refractivity contribution in [2.24, 2.45) is 5.92 Å². The average Bonchev–Trinajstić information content (AvgIpc) is 2.77. The van der Waals surface area contributed by atoms with Crippen molar-refractivity contribution in [3.63, 3.8) is 0 Å². The van der Waals surface area contributed by atoms with Gasteiger partial charge < -0.3 is 0 Å². The lowest BCUT2D eigenvalue weighted by molar-refractivity contribution is 0.352. The quantitative estimate of drug-likeness (QED) is 0.759. The Balaban J connectivity index is 2.36. The number of nitrogens with zero attached hydrogens (tertiary/aromatic N) is 2. The monoisotopic (exact) mass is 234 g/mol. The molecule has 1 aromatic rings. The summed E-state index contributed by atoms with van der Waals surface area (Å²) in [6, 6.07) is 0. The van der Waals surface area contributed by atoms with Gasteiger partial charge in [-0.25, -0.2) is 0 Å². The third kappa shape index (κ3) is 2.91. The summed E-state index contributed by atoms with van der Waals surface area (Å²) in [5.74, 6) is 0.902. The molecule has 1 saturated carbocycles. The summed E-state index contributed by atoms with van der Waals surface area (Å²) in [5.41, 5.74) is 3.05. The van der Waals surface area contributed by atoms with Crippen LogP contribution in [0.25, 0.3) is 0 Å². The molecule has 1 aliphatic carbocycles. The van der Waals surface area contributed by atoms with Crippen LogP contribution in [-0.4, -0.2) is 9.78 Å². The van der Waals surface area contributed by atoms with Crippen LogP contribution in [0.5, 0.6) is 0 Å². The Morgan fingerprint density at radius 1 is 1.18 bits per heavy atom. The first kappa shape index (κ1) is 12.7. The zero-order chi connectivity index (χ0) is 12.8. The van der Waals surface area contributed by atoms with Crippen LogP contribution in [0.1, 0.15) is 65.6 Å². The molecule has 96 valence electrons. The third-order valence-electron chi connectivity index (χ3n) is 3.46. The maximum absolute atomic E-state index is 4.84. The highest BCUT2D eigenvalue weighted by molar-refractivity contribution is 5.26. The van der Waals surface area contributed by atoms with Crippen LogP contribution in [0, 0.1) is 5.92 Å². The minimum absolute atomic E-state index is 0.0851. The fourth-order valence-electron chi connectivity index (χ4n) is 2.13. The smallest absolute Gasteiger partial charge is 0.0664 e. The van der Waals surface area contributed by atoms with Crippen LogP contribution < -0.4 is 0 Å². The molecule has 0 unspecified atom stereocenters. The van der Waals surface area contributed by atoms with Crippen molar-refractivity contribution >= 4 is 0 Å². The number of aromatic nitrogens is 2. The standard InChI is InChI=1S/C15H26N2/c1-14(2,3)12-10-17(15(4,5)6)16-13(12)9-11-7-8-11/h10-11H,7-9H2,1-6H3. The molecule has 0 atom stereocenters. The van der Waals surface area contributed by atoms with E-state index in [-0.39, 0.29) is 11.0 Å². The summed E-state index contributed by atoms with van der Waals surface area (Å²) in [7, 11) is 0. The number of hydrogen-bond donors (Lipinski definition) is 0. The fraction of sp³-hybridized carbons (Fsp3) is 0.800. The first-order chi connectivity index (χ1) is 7.68. The van der Waals surface area contributed by atoms with Crippen LogP contribution in [-0.2, 0) is 17.4 Å². The van der Waals surface area contributed by atoms with Gasteiger partial charge in [0.25, 0.3) is 0 Å². The van der Waals surface area contributed by atoms with Gasteiger partial charge in [-0.1, -0.05) is 20.8 Å². The second-order valence-electron chi connectivity index (χ2n) is 7.50. The van der Waals surface area contributed by atoms with Crippen LogP contribution in [0.15, 0.2) is 6.20 Å². The summed E-state index contributed by atoms with van der Waals surface area (Å²) < 4.78 is 2.14. The highest BCUT2D eigenvalue weighted by Crippen LogP contribution is 2.36. The summed E-state index contributed by atoms with van der Waals surface area (Å²) >= 11 is 0. The zero-order valence-electron chi connectivity index (χ0n) is 12.2. The van der Waals surface area contributed by atoms with E-state index in [1.807, 2.05) is 0 Å². The second kappa shape index (κ2) is 3.86. The normalized spacial score (nSPS) is 17.5. The van der Waals surface area contributed by atoms with Gasteiger partial charge in [-0.3, -0.25) is 4.68 Å². The molecule has 17 heavy (non-hydrogen) atoms. The van der Waals surface area contributed by atoms with Gasteiger partial charge in [0.05, 0.1) is 11.2 Å². The molecule has 0 aliphatic heterocycles. The Labute approximate surface area is 105 Å². The molecule has 1 heterocycles. The highest BCUT2D eigenvalue weighted by Gasteiger charge is 2.29. The lowest BCUT2D eigenvalue weighted by Gasteiger charge is -2.20. The topological polar surface area (TPSA) is 17.8 Å². The van der Waals surface area contributed by atoms with E-state index in [2.05, 4.69) is 52.4 Å². The van der Waals surface area contributed by atoms with Crippen molar-refractivity contribution in [3.05, 3.63) is 17.5 Å². The predicted octanol–water partition coefficient (Wildman–Crippen LogP) is 3.89. The van der Waals surface area contributed by atoms with Crippen LogP contribution in [0.3, 0.4) is 0 Å². The van der Waals surface area contributed by atoms with Gasteiger partial charge in [0.15, 0.2) is 0 Å². The van der Waals surface area contributed by atoms with Gasteiger partial charge in [0.1, 0.15) is 0 Å². The Kier molecular flexibility index (Phi) is 2.87. The number of hydrogen-bond acceptors (Lipinski definition) is 1. The Morgan fingerprint density at radius 2 is 1.76 bits per heavy atom. The van der Waals surface area contributed by atoms with Crippen LogP contribution in [0.2, 0.25) is 0 Å². The Hall–Kier alpha value is -0.790. The van der Waals surface area contributed by atoms with Gasteiger partial charge in [-0.15, -0.1) is 0 Å². The van der Waals surface area contributed by atoms with Crippen molar-refractivity contribution in [1.82, 2.24) is 9.78 Å². The molecule has 0 amide bonds. The molecule has 2 rings (SSSR count). The summed E-state index contributed by atoms with van der Waals surface area (Å²) in [6.07, 6.45) is 6.23. The van der Waals surface area contributed by atoms with Gasteiger partial charge in [-0.05, 0) is 56.9 Å². The van der Waals surface area contributed by atoms with Crippen molar-refractivity contribution in [3.8, 4) is 0 Å². The van der Waals surface area contributed by atoms with Gasteiger partial charge in [0, 0.05) is 6.20 Å². The summed E-state index contributed by atoms with van der Waals surface area (Å²) in [4.78, 5) is 0. The molecule has 1 fully saturated rings. The number of rotatable bonds is 2. The minimum atomic E-state index is 0.0851. The maximum atomic E-state index is 4.84. The molecule has 2 nitrogen and oxygen atoms in total. The molecule has 0 bridgehead atoms. The van der Waals surface area contributed by atoms with E-state index in [0.717, 1.165) is 5.92 Å². The highest BCUT2D eigenvalue weighted by atomic mass is 15.3. The predicted molar refractivity (Wildman–Crippen MR) is 72.4 cm³/mol. The zero-order valence-corrected chi connectivity index (χ0v) is 12.2. The molecule has 1 aromatic heterocycles. The van der Waals surface area contributed by atoms with Crippen molar-refractivity contribution in [1.29, 1.82) is 0 Å². The van der Waals surface area contributed by atoms with Gasteiger partial charge in [-0.2, -0.15) is 5.10 Å². The van der Waals surface area contributed by atoms with E-state index in [1.54, 1.807) is 0 Å². The molecular formula is C15H26N2. The molecule has 0 spiro atoms. The summed E-state index contributed by atoms with van der Waals surface area (Å²) in [5, 5.41) is 4.84. The van der Waals surface area contributed by atoms with Crippen molar-refractivity contribution in [2.75, 3.05) is 0 Å².